The Morgan fingerprint density at radius 3 is 2.84 bits per heavy atom. The molecule has 1 aromatic heterocycles. The van der Waals surface area contributed by atoms with Gasteiger partial charge in [0.1, 0.15) is 5.56 Å². The van der Waals surface area contributed by atoms with Gasteiger partial charge >= 0.3 is 5.97 Å². The molecule has 1 atom stereocenters. The van der Waals surface area contributed by atoms with Crippen molar-refractivity contribution in [2.75, 3.05) is 13.2 Å². The molecule has 0 aromatic carbocycles. The summed E-state index contributed by atoms with van der Waals surface area (Å²) in [5.74, 6) is -1.30. The van der Waals surface area contributed by atoms with Gasteiger partial charge in [-0.15, -0.1) is 0 Å². The molecule has 0 unspecified atom stereocenters. The first kappa shape index (κ1) is 13.5. The highest BCUT2D eigenvalue weighted by atomic mass is 16.5. The van der Waals surface area contributed by atoms with E-state index in [0.717, 1.165) is 6.42 Å². The van der Waals surface area contributed by atoms with Gasteiger partial charge in [0, 0.05) is 12.7 Å². The highest BCUT2D eigenvalue weighted by Crippen LogP contribution is 2.34. The molecular formula is C13H18N2O4. The van der Waals surface area contributed by atoms with Crippen molar-refractivity contribution in [1.29, 1.82) is 0 Å². The van der Waals surface area contributed by atoms with Gasteiger partial charge in [0.15, 0.2) is 11.4 Å². The summed E-state index contributed by atoms with van der Waals surface area (Å²) in [6.07, 6.45) is 2.27. The Bertz CT molecular complexity index is 535. The fourth-order valence-corrected chi connectivity index (χ4v) is 2.23. The number of carbonyl (C=O) groups is 2. The van der Waals surface area contributed by atoms with Gasteiger partial charge in [-0.1, -0.05) is 6.92 Å². The molecule has 0 saturated heterocycles. The minimum Gasteiger partial charge on any atom is -0.505 e. The Balaban J connectivity index is 2.56. The third-order valence-corrected chi connectivity index (χ3v) is 3.66. The minimum atomic E-state index is -0.617. The average Bonchev–Trinajstić information content (AvgIpc) is 2.74. The molecule has 104 valence electrons. The van der Waals surface area contributed by atoms with Gasteiger partial charge in [0.2, 0.25) is 0 Å². The summed E-state index contributed by atoms with van der Waals surface area (Å²) in [6, 6.07) is 0. The maximum atomic E-state index is 11.9. The van der Waals surface area contributed by atoms with E-state index in [1.807, 2.05) is 13.8 Å². The van der Waals surface area contributed by atoms with Crippen molar-refractivity contribution >= 4 is 11.9 Å². The molecular weight excluding hydrogens is 248 g/mol. The number of hydrogen-bond acceptors (Lipinski definition) is 4. The smallest absolute Gasteiger partial charge is 0.343 e. The molecule has 2 N–H and O–H groups in total. The average molecular weight is 266 g/mol. The Morgan fingerprint density at radius 1 is 1.58 bits per heavy atom. The molecule has 2 rings (SSSR count). The Morgan fingerprint density at radius 2 is 2.26 bits per heavy atom. The monoisotopic (exact) mass is 266 g/mol. The van der Waals surface area contributed by atoms with Gasteiger partial charge < -0.3 is 19.7 Å². The molecule has 0 fully saturated rings. The molecule has 2 heterocycles. The molecule has 6 heteroatoms. The van der Waals surface area contributed by atoms with E-state index in [0.29, 0.717) is 6.54 Å². The summed E-state index contributed by atoms with van der Waals surface area (Å²) >= 11 is 0. The molecule has 0 saturated carbocycles. The van der Waals surface area contributed by atoms with Gasteiger partial charge in [-0.3, -0.25) is 4.79 Å². The van der Waals surface area contributed by atoms with Crippen LogP contribution in [0.2, 0.25) is 0 Å². The molecule has 0 spiro atoms. The third kappa shape index (κ3) is 1.97. The lowest BCUT2D eigenvalue weighted by molar-refractivity contribution is 0.0523. The quantitative estimate of drug-likeness (QED) is 0.807. The molecule has 0 radical (unpaired) electrons. The van der Waals surface area contributed by atoms with E-state index in [2.05, 4.69) is 5.32 Å². The second-order valence-electron chi connectivity index (χ2n) is 4.86. The topological polar surface area (TPSA) is 80.6 Å². The van der Waals surface area contributed by atoms with Crippen LogP contribution in [-0.4, -0.2) is 34.7 Å². The molecule has 0 aliphatic carbocycles. The zero-order valence-corrected chi connectivity index (χ0v) is 11.3. The Hall–Kier alpha value is -1.98. The lowest BCUT2D eigenvalue weighted by Crippen LogP contribution is -2.49. The van der Waals surface area contributed by atoms with E-state index in [4.69, 9.17) is 4.74 Å². The summed E-state index contributed by atoms with van der Waals surface area (Å²) in [5, 5.41) is 12.8. The highest BCUT2D eigenvalue weighted by molar-refractivity contribution is 6.02. The lowest BCUT2D eigenvalue weighted by Gasteiger charge is -2.35. The molecule has 1 amide bonds. The van der Waals surface area contributed by atoms with Gasteiger partial charge in [0.05, 0.1) is 12.1 Å². The summed E-state index contributed by atoms with van der Waals surface area (Å²) < 4.78 is 6.55. The van der Waals surface area contributed by atoms with E-state index in [9.17, 15) is 14.7 Å². The van der Waals surface area contributed by atoms with Crippen LogP contribution in [0, 0.1) is 0 Å². The van der Waals surface area contributed by atoms with Gasteiger partial charge in [-0.05, 0) is 20.3 Å². The number of aromatic hydroxyl groups is 1. The highest BCUT2D eigenvalue weighted by Gasteiger charge is 2.38. The number of fused-ring (bicyclic) bond motifs is 1. The van der Waals surface area contributed by atoms with E-state index >= 15 is 0 Å². The second kappa shape index (κ2) is 4.60. The van der Waals surface area contributed by atoms with Gasteiger partial charge in [-0.2, -0.15) is 0 Å². The molecule has 1 aromatic rings. The summed E-state index contributed by atoms with van der Waals surface area (Å²) in [4.78, 5) is 23.6. The van der Waals surface area contributed by atoms with Crippen LogP contribution in [0.15, 0.2) is 6.20 Å². The number of esters is 1. The number of nitrogens with zero attached hydrogens (tertiary/aromatic N) is 1. The summed E-state index contributed by atoms with van der Waals surface area (Å²) in [7, 11) is 0. The number of amides is 1. The second-order valence-corrected chi connectivity index (χ2v) is 4.86. The van der Waals surface area contributed by atoms with Crippen molar-refractivity contribution in [1.82, 2.24) is 9.88 Å². The zero-order chi connectivity index (χ0) is 14.2. The number of ether oxygens (including phenoxy) is 1. The van der Waals surface area contributed by atoms with Crippen LogP contribution in [0.1, 0.15) is 48.0 Å². The standard InChI is InChI=1S/C13H18N2O4/c1-4-13(3)7-14-11(17)9-10(16)8(6-15(9)13)12(18)19-5-2/h6,16H,4-5,7H2,1-3H3,(H,14,17)/t13-/m0/s1. The van der Waals surface area contributed by atoms with Crippen molar-refractivity contribution in [2.45, 2.75) is 32.7 Å². The lowest BCUT2D eigenvalue weighted by atomic mass is 9.96. The van der Waals surface area contributed by atoms with Crippen molar-refractivity contribution in [3.05, 3.63) is 17.5 Å². The molecule has 1 aliphatic rings. The van der Waals surface area contributed by atoms with Crippen molar-refractivity contribution in [3.63, 3.8) is 0 Å². The van der Waals surface area contributed by atoms with Crippen LogP contribution in [0.3, 0.4) is 0 Å². The SMILES string of the molecule is CCOC(=O)c1cn2c(c1O)C(=O)NC[C@]2(C)CC. The van der Waals surface area contributed by atoms with E-state index in [-0.39, 0.29) is 35.1 Å². The number of hydrogen-bond donors (Lipinski definition) is 2. The largest absolute Gasteiger partial charge is 0.505 e. The van der Waals surface area contributed by atoms with Crippen molar-refractivity contribution in [2.24, 2.45) is 0 Å². The Kier molecular flexibility index (Phi) is 3.26. The van der Waals surface area contributed by atoms with Crippen molar-refractivity contribution < 1.29 is 19.4 Å². The Labute approximate surface area is 111 Å². The molecule has 19 heavy (non-hydrogen) atoms. The molecule has 1 aliphatic heterocycles. The molecule has 6 nitrogen and oxygen atoms in total. The normalized spacial score (nSPS) is 21.7. The summed E-state index contributed by atoms with van der Waals surface area (Å²) in [6.45, 7) is 6.32. The molecule has 0 bridgehead atoms. The fraction of sp³-hybridized carbons (Fsp3) is 0.538. The van der Waals surface area contributed by atoms with E-state index in [1.54, 1.807) is 11.5 Å². The maximum Gasteiger partial charge on any atom is 0.343 e. The summed E-state index contributed by atoms with van der Waals surface area (Å²) in [5.41, 5.74) is -0.196. The van der Waals surface area contributed by atoms with Crippen LogP contribution in [0.5, 0.6) is 5.75 Å². The number of aromatic nitrogens is 1. The number of nitrogens with one attached hydrogen (secondary N) is 1. The van der Waals surface area contributed by atoms with E-state index in [1.165, 1.54) is 6.20 Å². The first-order valence-corrected chi connectivity index (χ1v) is 6.34. The predicted octanol–water partition coefficient (Wildman–Crippen LogP) is 1.24. The first-order valence-electron chi connectivity index (χ1n) is 6.34. The fourth-order valence-electron chi connectivity index (χ4n) is 2.23. The first-order chi connectivity index (χ1) is 8.94. The van der Waals surface area contributed by atoms with Gasteiger partial charge in [-0.25, -0.2) is 4.79 Å². The van der Waals surface area contributed by atoms with Crippen LogP contribution in [-0.2, 0) is 10.3 Å². The third-order valence-electron chi connectivity index (χ3n) is 3.66. The van der Waals surface area contributed by atoms with Gasteiger partial charge in [0.25, 0.3) is 5.91 Å². The minimum absolute atomic E-state index is 0.0357. The van der Waals surface area contributed by atoms with Crippen molar-refractivity contribution in [3.8, 4) is 5.75 Å². The van der Waals surface area contributed by atoms with E-state index < -0.39 is 5.97 Å². The number of carbonyl (C=O) groups excluding carboxylic acids is 2. The van der Waals surface area contributed by atoms with Crippen LogP contribution in [0.4, 0.5) is 0 Å². The maximum absolute atomic E-state index is 11.9. The number of rotatable bonds is 3. The zero-order valence-electron chi connectivity index (χ0n) is 11.3. The van der Waals surface area contributed by atoms with Crippen LogP contribution in [0.25, 0.3) is 0 Å². The van der Waals surface area contributed by atoms with Crippen LogP contribution >= 0.6 is 0 Å². The van der Waals surface area contributed by atoms with Crippen LogP contribution < -0.4 is 5.32 Å². The predicted molar refractivity (Wildman–Crippen MR) is 68.3 cm³/mol.